The van der Waals surface area contributed by atoms with Crippen molar-refractivity contribution in [1.82, 2.24) is 5.32 Å². The fraction of sp³-hybridized carbons (Fsp3) is 0.261. The minimum absolute atomic E-state index is 0.00317. The second-order valence-corrected chi connectivity index (χ2v) is 8.63. The van der Waals surface area contributed by atoms with E-state index in [-0.39, 0.29) is 11.7 Å². The Morgan fingerprint density at radius 2 is 1.84 bits per heavy atom. The summed E-state index contributed by atoms with van der Waals surface area (Å²) in [5.41, 5.74) is 0.698. The highest BCUT2D eigenvalue weighted by Crippen LogP contribution is 2.36. The lowest BCUT2D eigenvalue weighted by molar-refractivity contribution is -0.122. The van der Waals surface area contributed by atoms with Crippen molar-refractivity contribution >= 4 is 63.8 Å². The van der Waals surface area contributed by atoms with Crippen molar-refractivity contribution in [3.8, 4) is 11.5 Å². The van der Waals surface area contributed by atoms with Crippen molar-refractivity contribution in [2.75, 3.05) is 11.5 Å². The first-order valence-electron chi connectivity index (χ1n) is 10.0. The molecule has 1 heterocycles. The van der Waals surface area contributed by atoms with Gasteiger partial charge in [0.15, 0.2) is 11.5 Å². The fourth-order valence-corrected chi connectivity index (χ4v) is 3.86. The maximum absolute atomic E-state index is 13.1. The largest absolute Gasteiger partial charge is 0.490 e. The van der Waals surface area contributed by atoms with E-state index in [0.29, 0.717) is 34.4 Å². The van der Waals surface area contributed by atoms with Crippen molar-refractivity contribution in [1.29, 1.82) is 0 Å². The molecule has 0 aromatic heterocycles. The molecular weight excluding hydrogens is 547 g/mol. The summed E-state index contributed by atoms with van der Waals surface area (Å²) in [7, 11) is 0. The average Bonchev–Trinajstić information content (AvgIpc) is 2.74. The first-order chi connectivity index (χ1) is 15.2. The van der Waals surface area contributed by atoms with Crippen LogP contribution in [0.4, 0.5) is 10.5 Å². The number of ether oxygens (including phenoxy) is 2. The van der Waals surface area contributed by atoms with Crippen LogP contribution in [0, 0.1) is 3.57 Å². The number of imide groups is 2. The Balaban J connectivity index is 2.01. The van der Waals surface area contributed by atoms with E-state index in [1.54, 1.807) is 24.3 Å². The van der Waals surface area contributed by atoms with Gasteiger partial charge in [-0.05, 0) is 90.9 Å². The maximum atomic E-state index is 13.1. The highest BCUT2D eigenvalue weighted by atomic mass is 127. The predicted molar refractivity (Wildman–Crippen MR) is 131 cm³/mol. The van der Waals surface area contributed by atoms with Crippen LogP contribution in [0.5, 0.6) is 11.5 Å². The third-order valence-electron chi connectivity index (χ3n) is 4.72. The number of hydrogen-bond acceptors (Lipinski definition) is 5. The fourth-order valence-electron chi connectivity index (χ4n) is 2.98. The summed E-state index contributed by atoms with van der Waals surface area (Å²) in [5, 5.41) is 2.67. The van der Waals surface area contributed by atoms with Crippen molar-refractivity contribution in [3.05, 3.63) is 56.1 Å². The molecule has 0 unspecified atom stereocenters. The Hall–Kier alpha value is -2.59. The Bertz CT molecular complexity index is 1080. The molecule has 0 aliphatic carbocycles. The molecule has 1 aliphatic heterocycles. The zero-order valence-corrected chi connectivity index (χ0v) is 20.7. The van der Waals surface area contributed by atoms with Gasteiger partial charge >= 0.3 is 6.03 Å². The van der Waals surface area contributed by atoms with Crippen LogP contribution in [0.25, 0.3) is 6.08 Å². The number of barbiturate groups is 1. The highest BCUT2D eigenvalue weighted by molar-refractivity contribution is 14.1. The van der Waals surface area contributed by atoms with Gasteiger partial charge < -0.3 is 9.47 Å². The van der Waals surface area contributed by atoms with Crippen molar-refractivity contribution in [3.63, 3.8) is 0 Å². The number of carbonyl (C=O) groups is 3. The molecule has 168 valence electrons. The average molecular weight is 569 g/mol. The van der Waals surface area contributed by atoms with Gasteiger partial charge in [0.25, 0.3) is 11.8 Å². The number of carbonyl (C=O) groups excluding carboxylic acids is 3. The monoisotopic (exact) mass is 568 g/mol. The molecule has 0 spiro atoms. The minimum Gasteiger partial charge on any atom is -0.490 e. The first-order valence-corrected chi connectivity index (χ1v) is 11.5. The summed E-state index contributed by atoms with van der Waals surface area (Å²) in [5.74, 6) is -0.366. The molecule has 1 fully saturated rings. The third kappa shape index (κ3) is 5.24. The van der Waals surface area contributed by atoms with Crippen LogP contribution in [0.15, 0.2) is 42.0 Å². The summed E-state index contributed by atoms with van der Waals surface area (Å²) in [6.07, 6.45) is 2.26. The molecule has 0 saturated carbocycles. The van der Waals surface area contributed by atoms with Gasteiger partial charge in [-0.1, -0.05) is 18.5 Å². The zero-order valence-electron chi connectivity index (χ0n) is 17.8. The minimum atomic E-state index is -0.818. The number of urea groups is 1. The number of hydrogen-bond donors (Lipinski definition) is 1. The summed E-state index contributed by atoms with van der Waals surface area (Å²) < 4.78 is 12.5. The van der Waals surface area contributed by atoms with E-state index in [1.807, 2.05) is 20.8 Å². The first kappa shape index (κ1) is 24.1. The standard InChI is InChI=1S/C23H22ClIN2O5/c1-4-13(3)32-20-18(25)11-14(12-19(20)31-5-2)10-17-21(28)26-23(30)27(22(17)29)16-8-6-15(24)7-9-16/h6-13H,4-5H2,1-3H3,(H,26,28,30)/b17-10+/t13-/m1/s1. The smallest absolute Gasteiger partial charge is 0.335 e. The third-order valence-corrected chi connectivity index (χ3v) is 5.78. The lowest BCUT2D eigenvalue weighted by Crippen LogP contribution is -2.54. The molecule has 1 N–H and O–H groups in total. The second-order valence-electron chi connectivity index (χ2n) is 7.03. The molecule has 4 amide bonds. The molecule has 2 aromatic rings. The molecule has 2 aromatic carbocycles. The molecule has 7 nitrogen and oxygen atoms in total. The van der Waals surface area contributed by atoms with Crippen molar-refractivity contribution in [2.45, 2.75) is 33.3 Å². The zero-order chi connectivity index (χ0) is 23.4. The van der Waals surface area contributed by atoms with E-state index in [0.717, 1.165) is 14.9 Å². The number of anilines is 1. The van der Waals surface area contributed by atoms with Gasteiger partial charge in [0.2, 0.25) is 0 Å². The molecule has 1 aliphatic rings. The summed E-state index contributed by atoms with van der Waals surface area (Å²) in [6, 6.07) is 8.86. The summed E-state index contributed by atoms with van der Waals surface area (Å²) in [4.78, 5) is 38.8. The van der Waals surface area contributed by atoms with E-state index < -0.39 is 17.8 Å². The van der Waals surface area contributed by atoms with E-state index in [9.17, 15) is 14.4 Å². The van der Waals surface area contributed by atoms with Gasteiger partial charge in [0.1, 0.15) is 5.57 Å². The lowest BCUT2D eigenvalue weighted by atomic mass is 10.1. The number of rotatable bonds is 7. The van der Waals surface area contributed by atoms with Crippen LogP contribution < -0.4 is 19.7 Å². The normalized spacial score (nSPS) is 16.2. The lowest BCUT2D eigenvalue weighted by Gasteiger charge is -2.26. The van der Waals surface area contributed by atoms with Crippen LogP contribution >= 0.6 is 34.2 Å². The van der Waals surface area contributed by atoms with E-state index >= 15 is 0 Å². The van der Waals surface area contributed by atoms with Gasteiger partial charge in [-0.2, -0.15) is 0 Å². The van der Waals surface area contributed by atoms with Crippen LogP contribution in [0.3, 0.4) is 0 Å². The van der Waals surface area contributed by atoms with Gasteiger partial charge in [0.05, 0.1) is 22.0 Å². The molecule has 0 radical (unpaired) electrons. The van der Waals surface area contributed by atoms with Gasteiger partial charge in [-0.25, -0.2) is 9.69 Å². The Kier molecular flexibility index (Phi) is 7.78. The Morgan fingerprint density at radius 1 is 1.16 bits per heavy atom. The van der Waals surface area contributed by atoms with Crippen LogP contribution in [0.2, 0.25) is 5.02 Å². The Morgan fingerprint density at radius 3 is 2.47 bits per heavy atom. The van der Waals surface area contributed by atoms with Crippen LogP contribution in [-0.2, 0) is 9.59 Å². The number of nitrogens with one attached hydrogen (secondary N) is 1. The van der Waals surface area contributed by atoms with Crippen LogP contribution in [0.1, 0.15) is 32.8 Å². The number of amides is 4. The SMILES string of the molecule is CCOc1cc(/C=C2\C(=O)NC(=O)N(c3ccc(Cl)cc3)C2=O)cc(I)c1O[C@H](C)CC. The molecule has 3 rings (SSSR count). The van der Waals surface area contributed by atoms with E-state index in [4.69, 9.17) is 21.1 Å². The number of benzene rings is 2. The molecule has 32 heavy (non-hydrogen) atoms. The molecule has 0 bridgehead atoms. The van der Waals surface area contributed by atoms with Crippen LogP contribution in [-0.4, -0.2) is 30.6 Å². The topological polar surface area (TPSA) is 84.9 Å². The van der Waals surface area contributed by atoms with Gasteiger partial charge in [-0.3, -0.25) is 14.9 Å². The summed E-state index contributed by atoms with van der Waals surface area (Å²) in [6.45, 7) is 6.27. The summed E-state index contributed by atoms with van der Waals surface area (Å²) >= 11 is 8.03. The van der Waals surface area contributed by atoms with Gasteiger partial charge in [-0.15, -0.1) is 0 Å². The number of halogens is 2. The Labute approximate surface area is 204 Å². The quantitative estimate of drug-likeness (QED) is 0.282. The molecule has 1 atom stereocenters. The van der Waals surface area contributed by atoms with Crippen molar-refractivity contribution in [2.24, 2.45) is 0 Å². The van der Waals surface area contributed by atoms with E-state index in [1.165, 1.54) is 18.2 Å². The van der Waals surface area contributed by atoms with Gasteiger partial charge in [0, 0.05) is 5.02 Å². The molecule has 1 saturated heterocycles. The predicted octanol–water partition coefficient (Wildman–Crippen LogP) is 5.19. The molecular formula is C23H22ClIN2O5. The maximum Gasteiger partial charge on any atom is 0.335 e. The molecule has 9 heteroatoms. The number of nitrogens with zero attached hydrogens (tertiary/aromatic N) is 1. The van der Waals surface area contributed by atoms with E-state index in [2.05, 4.69) is 27.9 Å². The van der Waals surface area contributed by atoms with Crippen molar-refractivity contribution < 1.29 is 23.9 Å². The highest BCUT2D eigenvalue weighted by Gasteiger charge is 2.36. The second kappa shape index (κ2) is 10.4.